The average Bonchev–Trinajstić information content (AvgIpc) is 1.58. The highest BCUT2D eigenvalue weighted by atomic mass is 32.2. The van der Waals surface area contributed by atoms with Crippen molar-refractivity contribution in [2.75, 3.05) is 0 Å². The van der Waals surface area contributed by atoms with E-state index >= 15 is 0 Å². The number of hydrogen-bond donors (Lipinski definition) is 0. The van der Waals surface area contributed by atoms with Gasteiger partial charge in [-0.1, -0.05) is 0 Å². The van der Waals surface area contributed by atoms with Gasteiger partial charge in [-0.15, -0.1) is 0 Å². The van der Waals surface area contributed by atoms with Crippen LogP contribution in [0.5, 0.6) is 0 Å². The lowest BCUT2D eigenvalue weighted by Gasteiger charge is -2.20. The Morgan fingerprint density at radius 3 is 1.27 bits per heavy atom. The highest BCUT2D eigenvalue weighted by Gasteiger charge is 2.62. The van der Waals surface area contributed by atoms with Crippen molar-refractivity contribution in [3.8, 4) is 0 Å². The summed E-state index contributed by atoms with van der Waals surface area (Å²) < 4.78 is 75.3. The van der Waals surface area contributed by atoms with Crippen LogP contribution in [0.25, 0.3) is 5.14 Å². The number of sulfonamides is 1. The summed E-state index contributed by atoms with van der Waals surface area (Å²) in [5.41, 5.74) is 0. The third-order valence-corrected chi connectivity index (χ3v) is 1.57. The topological polar surface area (TPSA) is 57.9 Å². The summed E-state index contributed by atoms with van der Waals surface area (Å²) in [6, 6.07) is 0. The summed E-state index contributed by atoms with van der Waals surface area (Å²) in [4.78, 5) is 0. The van der Waals surface area contributed by atoms with Gasteiger partial charge in [-0.3, -0.25) is 0 Å². The van der Waals surface area contributed by atoms with Crippen LogP contribution in [0.1, 0.15) is 0 Å². The van der Waals surface area contributed by atoms with E-state index in [1.54, 1.807) is 0 Å². The monoisotopic (exact) mass is 198 g/mol. The lowest BCUT2D eigenvalue weighted by molar-refractivity contribution is -0.240. The Labute approximate surface area is 58.0 Å². The summed E-state index contributed by atoms with van der Waals surface area (Å²) in [7, 11) is -6.17. The van der Waals surface area contributed by atoms with Crippen LogP contribution in [-0.2, 0) is 10.0 Å². The SMILES string of the molecule is [NH-]S(=O)(=O)C(F)(F)C(F)(F)F. The van der Waals surface area contributed by atoms with Crippen molar-refractivity contribution < 1.29 is 30.4 Å². The normalized spacial score (nSPS) is 15.1. The number of rotatable bonds is 1. The van der Waals surface area contributed by atoms with E-state index in [1.807, 2.05) is 0 Å². The maximum atomic E-state index is 11.5. The molecule has 0 aromatic rings. The molecule has 0 aliphatic heterocycles. The average molecular weight is 198 g/mol. The lowest BCUT2D eigenvalue weighted by atomic mass is 10.7. The first-order chi connectivity index (χ1) is 4.50. The smallest absolute Gasteiger partial charge is 0.467 e. The van der Waals surface area contributed by atoms with Gasteiger partial charge in [0.05, 0.1) is 0 Å². The molecule has 3 nitrogen and oxygen atoms in total. The Bertz CT molecular complexity index is 240. The van der Waals surface area contributed by atoms with Gasteiger partial charge < -0.3 is 5.14 Å². The van der Waals surface area contributed by atoms with Crippen molar-refractivity contribution >= 4 is 10.0 Å². The van der Waals surface area contributed by atoms with Gasteiger partial charge in [-0.05, 0) is 0 Å². The Morgan fingerprint density at radius 1 is 1.00 bits per heavy atom. The fourth-order valence-corrected chi connectivity index (χ4v) is 0.457. The van der Waals surface area contributed by atoms with Crippen molar-refractivity contribution in [1.29, 1.82) is 0 Å². The molecule has 9 heteroatoms. The molecule has 0 unspecified atom stereocenters. The summed E-state index contributed by atoms with van der Waals surface area (Å²) >= 11 is 0. The van der Waals surface area contributed by atoms with Crippen LogP contribution in [0.15, 0.2) is 0 Å². The first-order valence-corrected chi connectivity index (χ1v) is 3.42. The third-order valence-electron chi connectivity index (χ3n) is 0.668. The second kappa shape index (κ2) is 2.27. The first kappa shape index (κ1) is 10.6. The van der Waals surface area contributed by atoms with Crippen molar-refractivity contribution in [3.05, 3.63) is 5.14 Å². The van der Waals surface area contributed by atoms with E-state index in [9.17, 15) is 30.4 Å². The van der Waals surface area contributed by atoms with Gasteiger partial charge in [0, 0.05) is 0 Å². The van der Waals surface area contributed by atoms with Gasteiger partial charge >= 0.3 is 11.4 Å². The van der Waals surface area contributed by atoms with Crippen molar-refractivity contribution in [3.63, 3.8) is 0 Å². The standard InChI is InChI=1S/C2HF5NO2S/c3-1(4,5)2(6,7)11(8,9)10/h(H-,8,9,10)/q-1. The number of hydrogen-bond acceptors (Lipinski definition) is 2. The van der Waals surface area contributed by atoms with E-state index in [0.717, 1.165) is 0 Å². The van der Waals surface area contributed by atoms with Crippen LogP contribution in [0.2, 0.25) is 0 Å². The van der Waals surface area contributed by atoms with E-state index in [2.05, 4.69) is 0 Å². The van der Waals surface area contributed by atoms with E-state index in [-0.39, 0.29) is 0 Å². The van der Waals surface area contributed by atoms with Gasteiger partial charge in [0.25, 0.3) is 0 Å². The minimum absolute atomic E-state index is 5.49. The maximum absolute atomic E-state index is 11.5. The van der Waals surface area contributed by atoms with Crippen LogP contribution < -0.4 is 0 Å². The molecule has 0 heterocycles. The Hall–Kier alpha value is -0.440. The molecule has 0 radical (unpaired) electrons. The van der Waals surface area contributed by atoms with Gasteiger partial charge in [0.15, 0.2) is 0 Å². The van der Waals surface area contributed by atoms with E-state index < -0.39 is 21.5 Å². The summed E-state index contributed by atoms with van der Waals surface area (Å²) in [5, 5.41) is -0.494. The van der Waals surface area contributed by atoms with E-state index in [0.29, 0.717) is 0 Å². The van der Waals surface area contributed by atoms with Gasteiger partial charge in [0.1, 0.15) is 10.0 Å². The molecule has 0 saturated carbocycles. The molecular formula is C2HF5NO2S-. The largest absolute Gasteiger partial charge is 0.559 e. The molecule has 68 valence electrons. The Kier molecular flexibility index (Phi) is 2.18. The van der Waals surface area contributed by atoms with Gasteiger partial charge in [0.2, 0.25) is 0 Å². The van der Waals surface area contributed by atoms with Crippen LogP contribution in [0.3, 0.4) is 0 Å². The molecule has 0 spiro atoms. The minimum atomic E-state index is -6.23. The zero-order valence-electron chi connectivity index (χ0n) is 4.61. The zero-order valence-corrected chi connectivity index (χ0v) is 5.43. The van der Waals surface area contributed by atoms with Gasteiger partial charge in [-0.2, -0.15) is 22.0 Å². The fourth-order valence-electron chi connectivity index (χ4n) is 0.152. The second-order valence-corrected chi connectivity index (χ2v) is 3.04. The highest BCUT2D eigenvalue weighted by Crippen LogP contribution is 2.40. The quantitative estimate of drug-likeness (QED) is 0.599. The van der Waals surface area contributed by atoms with Crippen LogP contribution in [0.4, 0.5) is 22.0 Å². The molecular weight excluding hydrogens is 197 g/mol. The third kappa shape index (κ3) is 1.77. The zero-order chi connectivity index (χ0) is 9.50. The molecule has 1 N–H and O–H groups in total. The number of alkyl halides is 5. The van der Waals surface area contributed by atoms with E-state index in [4.69, 9.17) is 5.14 Å². The molecule has 0 fully saturated rings. The maximum Gasteiger partial charge on any atom is 0.467 e. The van der Waals surface area contributed by atoms with Crippen molar-refractivity contribution in [2.45, 2.75) is 11.4 Å². The lowest BCUT2D eigenvalue weighted by Crippen LogP contribution is -2.41. The van der Waals surface area contributed by atoms with Crippen LogP contribution >= 0.6 is 0 Å². The van der Waals surface area contributed by atoms with Crippen molar-refractivity contribution in [2.24, 2.45) is 0 Å². The summed E-state index contributed by atoms with van der Waals surface area (Å²) in [5.74, 6) is 0. The Balaban J connectivity index is 5.08. The Morgan fingerprint density at radius 2 is 1.27 bits per heavy atom. The summed E-state index contributed by atoms with van der Waals surface area (Å²) in [6.07, 6.45) is -6.23. The first-order valence-electron chi connectivity index (χ1n) is 1.94. The highest BCUT2D eigenvalue weighted by molar-refractivity contribution is 7.94. The predicted octanol–water partition coefficient (Wildman–Crippen LogP) is 1.52. The molecule has 11 heavy (non-hydrogen) atoms. The van der Waals surface area contributed by atoms with Gasteiger partial charge in [-0.25, -0.2) is 8.42 Å². The fraction of sp³-hybridized carbons (Fsp3) is 1.00. The van der Waals surface area contributed by atoms with E-state index in [1.165, 1.54) is 0 Å². The minimum Gasteiger partial charge on any atom is -0.559 e. The molecule has 0 atom stereocenters. The number of halogens is 5. The molecule has 0 aromatic carbocycles. The van der Waals surface area contributed by atoms with Crippen molar-refractivity contribution in [1.82, 2.24) is 0 Å². The molecule has 0 aliphatic carbocycles. The molecule has 0 rings (SSSR count). The molecule has 0 amide bonds. The molecule has 0 aliphatic rings. The molecule has 0 saturated heterocycles. The second-order valence-electron chi connectivity index (χ2n) is 1.52. The summed E-state index contributed by atoms with van der Waals surface area (Å²) in [6.45, 7) is 0. The predicted molar refractivity (Wildman–Crippen MR) is 24.2 cm³/mol. The van der Waals surface area contributed by atoms with Crippen LogP contribution in [0, 0.1) is 0 Å². The molecule has 0 aromatic heterocycles. The van der Waals surface area contributed by atoms with Crippen LogP contribution in [-0.4, -0.2) is 19.8 Å². The number of nitrogens with one attached hydrogen (secondary N) is 1. The molecule has 0 bridgehead atoms.